The molecule has 36 heavy (non-hydrogen) atoms. The van der Waals surface area contributed by atoms with Crippen molar-refractivity contribution in [3.8, 4) is 5.75 Å². The Hall–Kier alpha value is -3.33. The number of fused-ring (bicyclic) bond motifs is 1. The van der Waals surface area contributed by atoms with Gasteiger partial charge in [-0.1, -0.05) is 39.8 Å². The fourth-order valence-corrected chi connectivity index (χ4v) is 6.04. The number of nitrogens with one attached hydrogen (secondary N) is 1. The van der Waals surface area contributed by atoms with Crippen LogP contribution in [0.3, 0.4) is 0 Å². The van der Waals surface area contributed by atoms with Crippen LogP contribution in [0.4, 0.5) is 5.69 Å². The average Bonchev–Trinajstić information content (AvgIpc) is 3.27. The molecule has 0 aliphatic carbocycles. The number of benzene rings is 3. The van der Waals surface area contributed by atoms with Gasteiger partial charge < -0.3 is 4.18 Å². The second-order valence-corrected chi connectivity index (χ2v) is 11.7. The van der Waals surface area contributed by atoms with Crippen molar-refractivity contribution < 1.29 is 22.3 Å². The van der Waals surface area contributed by atoms with Crippen LogP contribution >= 0.6 is 39.0 Å². The van der Waals surface area contributed by atoms with Crippen LogP contribution in [0.15, 0.2) is 85.5 Å². The van der Waals surface area contributed by atoms with Crippen LogP contribution in [-0.2, 0) is 14.9 Å². The summed E-state index contributed by atoms with van der Waals surface area (Å²) in [6.07, 6.45) is 1.26. The van der Waals surface area contributed by atoms with Crippen LogP contribution in [0.5, 0.6) is 5.75 Å². The lowest BCUT2D eigenvalue weighted by Crippen LogP contribution is -2.19. The number of aromatic nitrogens is 1. The molecule has 0 atom stereocenters. The van der Waals surface area contributed by atoms with Crippen molar-refractivity contribution in [1.29, 1.82) is 0 Å². The number of halogens is 1. The smallest absolute Gasteiger partial charge is 0.339 e. The lowest BCUT2D eigenvalue weighted by molar-refractivity contribution is -0.384. The molecule has 1 aromatic heterocycles. The van der Waals surface area contributed by atoms with Crippen molar-refractivity contribution >= 4 is 77.2 Å². The predicted molar refractivity (Wildman–Crippen MR) is 141 cm³/mol. The SMILES string of the molecule is O=C(CSc1nc2ccccc2s1)N/N=C\c1cc(Br)ccc1OS(=O)(=O)c1ccc([N+](=O)[O-])cc1. The topological polar surface area (TPSA) is 141 Å². The summed E-state index contributed by atoms with van der Waals surface area (Å²) >= 11 is 6.07. The Morgan fingerprint density at radius 2 is 1.94 bits per heavy atom. The van der Waals surface area contributed by atoms with Gasteiger partial charge in [-0.05, 0) is 42.5 Å². The van der Waals surface area contributed by atoms with Crippen LogP contribution < -0.4 is 9.61 Å². The highest BCUT2D eigenvalue weighted by Crippen LogP contribution is 2.29. The Kier molecular flexibility index (Phi) is 7.98. The molecule has 0 aliphatic rings. The van der Waals surface area contributed by atoms with E-state index in [-0.39, 0.29) is 33.6 Å². The van der Waals surface area contributed by atoms with E-state index >= 15 is 0 Å². The molecular weight excluding hydrogens is 592 g/mol. The minimum absolute atomic E-state index is 0.0431. The van der Waals surface area contributed by atoms with Gasteiger partial charge in [-0.25, -0.2) is 10.4 Å². The molecule has 0 fully saturated rings. The molecule has 0 spiro atoms. The molecule has 1 N–H and O–H groups in total. The largest absolute Gasteiger partial charge is 0.378 e. The molecular formula is C22H15BrN4O6S3. The van der Waals surface area contributed by atoms with Crippen molar-refractivity contribution in [2.45, 2.75) is 9.24 Å². The quantitative estimate of drug-likeness (QED) is 0.0924. The number of nitro groups is 1. The molecule has 14 heteroatoms. The molecule has 0 bridgehead atoms. The molecule has 0 radical (unpaired) electrons. The number of hydrazone groups is 1. The number of hydrogen-bond donors (Lipinski definition) is 1. The average molecular weight is 607 g/mol. The molecule has 1 amide bonds. The number of amides is 1. The number of rotatable bonds is 9. The second kappa shape index (κ2) is 11.2. The minimum Gasteiger partial charge on any atom is -0.378 e. The third-order valence-corrected chi connectivity index (χ3v) is 8.42. The Labute approximate surface area is 221 Å². The van der Waals surface area contributed by atoms with Gasteiger partial charge in [0, 0.05) is 22.2 Å². The first-order valence-electron chi connectivity index (χ1n) is 10.00. The molecule has 0 aliphatic heterocycles. The standard InChI is InChI=1S/C22H15BrN4O6S3/c23-15-5-10-19(33-36(31,32)17-8-6-16(7-9-17)27(29)30)14(11-15)12-24-26-21(28)13-34-22-25-18-3-1-2-4-20(18)35-22/h1-12H,13H2,(H,26,28)/b24-12-. The lowest BCUT2D eigenvalue weighted by Gasteiger charge is -2.10. The van der Waals surface area contributed by atoms with Gasteiger partial charge in [-0.15, -0.1) is 11.3 Å². The third kappa shape index (κ3) is 6.46. The van der Waals surface area contributed by atoms with E-state index < -0.39 is 15.0 Å². The monoisotopic (exact) mass is 606 g/mol. The number of nitro benzene ring substituents is 1. The highest BCUT2D eigenvalue weighted by Gasteiger charge is 2.20. The van der Waals surface area contributed by atoms with Gasteiger partial charge in [0.2, 0.25) is 0 Å². The van der Waals surface area contributed by atoms with E-state index in [1.165, 1.54) is 35.4 Å². The molecule has 3 aromatic carbocycles. The zero-order valence-corrected chi connectivity index (χ0v) is 22.1. The lowest BCUT2D eigenvalue weighted by atomic mass is 10.2. The van der Waals surface area contributed by atoms with E-state index in [0.717, 1.165) is 38.8 Å². The first-order valence-corrected chi connectivity index (χ1v) is 14.0. The number of para-hydroxylation sites is 1. The zero-order chi connectivity index (χ0) is 25.7. The Balaban J connectivity index is 1.41. The first-order chi connectivity index (χ1) is 17.2. The maximum atomic E-state index is 12.7. The van der Waals surface area contributed by atoms with Gasteiger partial charge in [-0.3, -0.25) is 14.9 Å². The van der Waals surface area contributed by atoms with Gasteiger partial charge in [0.25, 0.3) is 11.6 Å². The molecule has 0 saturated carbocycles. The number of carbonyl (C=O) groups is 1. The molecule has 4 aromatic rings. The van der Waals surface area contributed by atoms with Crippen molar-refractivity contribution in [3.63, 3.8) is 0 Å². The summed E-state index contributed by atoms with van der Waals surface area (Å²) in [6, 6.07) is 16.6. The van der Waals surface area contributed by atoms with Gasteiger partial charge in [0.1, 0.15) is 4.90 Å². The predicted octanol–water partition coefficient (Wildman–Crippen LogP) is 4.98. The Bertz CT molecular complexity index is 1540. The molecule has 184 valence electrons. The normalized spacial score (nSPS) is 11.6. The highest BCUT2D eigenvalue weighted by atomic mass is 79.9. The van der Waals surface area contributed by atoms with E-state index in [2.05, 4.69) is 31.4 Å². The number of non-ortho nitro benzene ring substituents is 1. The summed E-state index contributed by atoms with van der Waals surface area (Å²) in [5.41, 5.74) is 3.29. The fraction of sp³-hybridized carbons (Fsp3) is 0.0455. The molecule has 1 heterocycles. The van der Waals surface area contributed by atoms with Crippen LogP contribution in [0.2, 0.25) is 0 Å². The third-order valence-electron chi connectivity index (χ3n) is 4.50. The summed E-state index contributed by atoms with van der Waals surface area (Å²) in [6.45, 7) is 0. The van der Waals surface area contributed by atoms with Crippen LogP contribution in [0.1, 0.15) is 5.56 Å². The van der Waals surface area contributed by atoms with Gasteiger partial charge >= 0.3 is 10.1 Å². The van der Waals surface area contributed by atoms with E-state index in [9.17, 15) is 23.3 Å². The summed E-state index contributed by atoms with van der Waals surface area (Å²) in [7, 11) is -4.28. The summed E-state index contributed by atoms with van der Waals surface area (Å²) in [4.78, 5) is 26.6. The van der Waals surface area contributed by atoms with Crippen LogP contribution in [-0.4, -0.2) is 36.2 Å². The summed E-state index contributed by atoms with van der Waals surface area (Å²) in [5, 5.41) is 14.7. The minimum atomic E-state index is -4.28. The summed E-state index contributed by atoms with van der Waals surface area (Å²) in [5.74, 6) is -0.321. The number of thioether (sulfide) groups is 1. The maximum Gasteiger partial charge on any atom is 0.339 e. The molecule has 0 saturated heterocycles. The number of carbonyl (C=O) groups excluding carboxylic acids is 1. The van der Waals surface area contributed by atoms with Crippen molar-refractivity contribution in [3.05, 3.63) is 86.9 Å². The van der Waals surface area contributed by atoms with Crippen molar-refractivity contribution in [1.82, 2.24) is 10.4 Å². The maximum absolute atomic E-state index is 12.7. The first kappa shape index (κ1) is 25.8. The van der Waals surface area contributed by atoms with E-state index in [4.69, 9.17) is 4.18 Å². The van der Waals surface area contributed by atoms with E-state index in [1.807, 2.05) is 24.3 Å². The van der Waals surface area contributed by atoms with Crippen molar-refractivity contribution in [2.24, 2.45) is 5.10 Å². The van der Waals surface area contributed by atoms with E-state index in [1.54, 1.807) is 12.1 Å². The van der Waals surface area contributed by atoms with Crippen LogP contribution in [0, 0.1) is 10.1 Å². The van der Waals surface area contributed by atoms with Gasteiger partial charge in [0.15, 0.2) is 10.1 Å². The van der Waals surface area contributed by atoms with E-state index in [0.29, 0.717) is 4.47 Å². The van der Waals surface area contributed by atoms with Gasteiger partial charge in [-0.2, -0.15) is 13.5 Å². The molecule has 4 rings (SSSR count). The second-order valence-electron chi connectivity index (χ2n) is 7.00. The number of nitrogens with zero attached hydrogens (tertiary/aromatic N) is 3. The molecule has 10 nitrogen and oxygen atoms in total. The Morgan fingerprint density at radius 1 is 1.19 bits per heavy atom. The number of hydrogen-bond acceptors (Lipinski definition) is 10. The van der Waals surface area contributed by atoms with Crippen molar-refractivity contribution in [2.75, 3.05) is 5.75 Å². The molecule has 0 unspecified atom stereocenters. The Morgan fingerprint density at radius 3 is 2.67 bits per heavy atom. The van der Waals surface area contributed by atoms with Gasteiger partial charge in [0.05, 0.1) is 27.1 Å². The zero-order valence-electron chi connectivity index (χ0n) is 18.0. The summed E-state index contributed by atoms with van der Waals surface area (Å²) < 4.78 is 33.0. The highest BCUT2D eigenvalue weighted by molar-refractivity contribution is 9.10. The van der Waals surface area contributed by atoms with Crippen LogP contribution in [0.25, 0.3) is 10.2 Å². The fourth-order valence-electron chi connectivity index (χ4n) is 2.84. The number of thiazole rings is 1.